The van der Waals surface area contributed by atoms with E-state index in [0.29, 0.717) is 6.54 Å². The summed E-state index contributed by atoms with van der Waals surface area (Å²) >= 11 is 0. The number of sulfone groups is 1. The third kappa shape index (κ3) is 5.34. The highest BCUT2D eigenvalue weighted by Crippen LogP contribution is 2.18. The van der Waals surface area contributed by atoms with Gasteiger partial charge in [0.05, 0.1) is 16.2 Å². The number of nitro groups is 1. The molecule has 0 aliphatic heterocycles. The standard InChI is InChI=1S/C11H16N4O5S/c1-3-12-10-9(6-8(7-14-10)15(17)18)11(16)13-4-5-21(2,19)20/h6-7H,3-5H2,1-2H3,(H,12,14)(H,13,16). The lowest BCUT2D eigenvalue weighted by Crippen LogP contribution is -2.29. The maximum absolute atomic E-state index is 12.0. The molecule has 0 atom stereocenters. The summed E-state index contributed by atoms with van der Waals surface area (Å²) in [5, 5.41) is 15.9. The number of amides is 1. The summed E-state index contributed by atoms with van der Waals surface area (Å²) in [5.74, 6) is -0.622. The van der Waals surface area contributed by atoms with Gasteiger partial charge in [-0.05, 0) is 6.92 Å². The molecule has 0 aromatic carbocycles. The van der Waals surface area contributed by atoms with Crippen molar-refractivity contribution < 1.29 is 18.1 Å². The van der Waals surface area contributed by atoms with Crippen LogP contribution >= 0.6 is 0 Å². The van der Waals surface area contributed by atoms with E-state index >= 15 is 0 Å². The third-order valence-electron chi connectivity index (χ3n) is 2.43. The Morgan fingerprint density at radius 1 is 1.48 bits per heavy atom. The number of nitrogens with zero attached hydrogens (tertiary/aromatic N) is 2. The lowest BCUT2D eigenvalue weighted by molar-refractivity contribution is -0.385. The molecule has 0 bridgehead atoms. The molecular formula is C11H16N4O5S. The smallest absolute Gasteiger partial charge is 0.288 e. The molecule has 1 rings (SSSR count). The van der Waals surface area contributed by atoms with E-state index in [0.717, 1.165) is 18.5 Å². The summed E-state index contributed by atoms with van der Waals surface area (Å²) in [6.07, 6.45) is 2.10. The molecule has 1 aromatic heterocycles. The van der Waals surface area contributed by atoms with E-state index < -0.39 is 20.7 Å². The SMILES string of the molecule is CCNc1ncc([N+](=O)[O-])cc1C(=O)NCCS(C)(=O)=O. The van der Waals surface area contributed by atoms with E-state index in [1.54, 1.807) is 6.92 Å². The van der Waals surface area contributed by atoms with E-state index in [4.69, 9.17) is 0 Å². The lowest BCUT2D eigenvalue weighted by Gasteiger charge is -2.09. The summed E-state index contributed by atoms with van der Waals surface area (Å²) in [5.41, 5.74) is -0.315. The second-order valence-electron chi connectivity index (χ2n) is 4.26. The molecular weight excluding hydrogens is 300 g/mol. The number of hydrogen-bond donors (Lipinski definition) is 2. The summed E-state index contributed by atoms with van der Waals surface area (Å²) in [7, 11) is -3.20. The first kappa shape index (κ1) is 16.8. The number of carbonyl (C=O) groups excluding carboxylic acids is 1. The zero-order chi connectivity index (χ0) is 16.0. The Hall–Kier alpha value is -2.23. The number of aromatic nitrogens is 1. The van der Waals surface area contributed by atoms with Gasteiger partial charge < -0.3 is 10.6 Å². The predicted molar refractivity (Wildman–Crippen MR) is 77.1 cm³/mol. The molecule has 0 unspecified atom stereocenters. The van der Waals surface area contributed by atoms with Crippen LogP contribution in [0.5, 0.6) is 0 Å². The highest BCUT2D eigenvalue weighted by Gasteiger charge is 2.18. The van der Waals surface area contributed by atoms with Crippen LogP contribution in [0.3, 0.4) is 0 Å². The minimum Gasteiger partial charge on any atom is -0.370 e. The fourth-order valence-corrected chi connectivity index (χ4v) is 1.95. The number of pyridine rings is 1. The lowest BCUT2D eigenvalue weighted by atomic mass is 10.2. The normalized spacial score (nSPS) is 11.0. The highest BCUT2D eigenvalue weighted by atomic mass is 32.2. The number of anilines is 1. The van der Waals surface area contributed by atoms with E-state index in [-0.39, 0.29) is 29.4 Å². The van der Waals surface area contributed by atoms with Gasteiger partial charge in [0.1, 0.15) is 21.9 Å². The zero-order valence-corrected chi connectivity index (χ0v) is 12.4. The Labute approximate surface area is 121 Å². The van der Waals surface area contributed by atoms with Crippen LogP contribution in [0.15, 0.2) is 12.3 Å². The van der Waals surface area contributed by atoms with Crippen molar-refractivity contribution in [2.24, 2.45) is 0 Å². The molecule has 2 N–H and O–H groups in total. The summed E-state index contributed by atoms with van der Waals surface area (Å²) in [4.78, 5) is 25.9. The van der Waals surface area contributed by atoms with Crippen LogP contribution in [0.1, 0.15) is 17.3 Å². The number of carbonyl (C=O) groups is 1. The van der Waals surface area contributed by atoms with Gasteiger partial charge in [-0.1, -0.05) is 0 Å². The maximum atomic E-state index is 12.0. The summed E-state index contributed by atoms with van der Waals surface area (Å²) in [6, 6.07) is 1.10. The first-order chi connectivity index (χ1) is 9.74. The predicted octanol–water partition coefficient (Wildman–Crippen LogP) is 0.196. The summed E-state index contributed by atoms with van der Waals surface area (Å²) < 4.78 is 22.0. The van der Waals surface area contributed by atoms with Gasteiger partial charge in [-0.3, -0.25) is 14.9 Å². The van der Waals surface area contributed by atoms with Crippen LogP contribution in [0, 0.1) is 10.1 Å². The van der Waals surface area contributed by atoms with Crippen molar-refractivity contribution in [3.8, 4) is 0 Å². The second-order valence-corrected chi connectivity index (χ2v) is 6.52. The molecule has 9 nitrogen and oxygen atoms in total. The van der Waals surface area contributed by atoms with E-state index in [1.165, 1.54) is 0 Å². The zero-order valence-electron chi connectivity index (χ0n) is 11.6. The molecule has 1 amide bonds. The van der Waals surface area contributed by atoms with Gasteiger partial charge in [0.25, 0.3) is 11.6 Å². The molecule has 116 valence electrons. The number of nitrogens with one attached hydrogen (secondary N) is 2. The molecule has 1 heterocycles. The van der Waals surface area contributed by atoms with Crippen LogP contribution in [0.4, 0.5) is 11.5 Å². The van der Waals surface area contributed by atoms with E-state index in [9.17, 15) is 23.3 Å². The molecule has 10 heteroatoms. The van der Waals surface area contributed by atoms with Crippen molar-refractivity contribution >= 4 is 27.2 Å². The number of rotatable bonds is 7. The first-order valence-electron chi connectivity index (χ1n) is 6.09. The van der Waals surface area contributed by atoms with Crippen LogP contribution in [-0.2, 0) is 9.84 Å². The minimum absolute atomic E-state index is 0.000416. The van der Waals surface area contributed by atoms with Crippen LogP contribution in [0.2, 0.25) is 0 Å². The molecule has 0 saturated heterocycles. The van der Waals surface area contributed by atoms with Crippen LogP contribution < -0.4 is 10.6 Å². The van der Waals surface area contributed by atoms with Gasteiger partial charge in [-0.15, -0.1) is 0 Å². The fraction of sp³-hybridized carbons (Fsp3) is 0.455. The van der Waals surface area contributed by atoms with Crippen molar-refractivity contribution in [3.63, 3.8) is 0 Å². The largest absolute Gasteiger partial charge is 0.370 e. The van der Waals surface area contributed by atoms with E-state index in [1.807, 2.05) is 0 Å². The van der Waals surface area contributed by atoms with E-state index in [2.05, 4.69) is 15.6 Å². The fourth-order valence-electron chi connectivity index (χ4n) is 1.48. The molecule has 0 aliphatic rings. The Kier molecular flexibility index (Phi) is 5.59. The summed E-state index contributed by atoms with van der Waals surface area (Å²) in [6.45, 7) is 2.19. The number of hydrogen-bond acceptors (Lipinski definition) is 7. The molecule has 0 aliphatic carbocycles. The molecule has 0 spiro atoms. The Bertz CT molecular complexity index is 644. The van der Waals surface area contributed by atoms with Gasteiger partial charge in [0.2, 0.25) is 0 Å². The Balaban J connectivity index is 2.94. The van der Waals surface area contributed by atoms with Crippen molar-refractivity contribution in [1.29, 1.82) is 0 Å². The van der Waals surface area contributed by atoms with Crippen molar-refractivity contribution in [1.82, 2.24) is 10.3 Å². The molecule has 0 saturated carbocycles. The van der Waals surface area contributed by atoms with Crippen molar-refractivity contribution in [2.75, 3.05) is 30.4 Å². The highest BCUT2D eigenvalue weighted by molar-refractivity contribution is 7.90. The van der Waals surface area contributed by atoms with Gasteiger partial charge in [0, 0.05) is 25.4 Å². The topological polar surface area (TPSA) is 131 Å². The first-order valence-corrected chi connectivity index (χ1v) is 8.15. The average Bonchev–Trinajstić information content (AvgIpc) is 2.37. The minimum atomic E-state index is -3.20. The molecule has 0 radical (unpaired) electrons. The van der Waals surface area contributed by atoms with Crippen LogP contribution in [-0.4, -0.2) is 49.3 Å². The average molecular weight is 316 g/mol. The third-order valence-corrected chi connectivity index (χ3v) is 3.38. The molecule has 0 fully saturated rings. The van der Waals surface area contributed by atoms with Crippen molar-refractivity contribution in [3.05, 3.63) is 27.9 Å². The molecule has 21 heavy (non-hydrogen) atoms. The Morgan fingerprint density at radius 2 is 2.14 bits per heavy atom. The second kappa shape index (κ2) is 6.97. The van der Waals surface area contributed by atoms with Gasteiger partial charge >= 0.3 is 0 Å². The quantitative estimate of drug-likeness (QED) is 0.542. The maximum Gasteiger partial charge on any atom is 0.288 e. The van der Waals surface area contributed by atoms with Gasteiger partial charge in [-0.2, -0.15) is 0 Å². The molecule has 1 aromatic rings. The van der Waals surface area contributed by atoms with Crippen LogP contribution in [0.25, 0.3) is 0 Å². The van der Waals surface area contributed by atoms with Gasteiger partial charge in [0.15, 0.2) is 0 Å². The monoisotopic (exact) mass is 316 g/mol. The van der Waals surface area contributed by atoms with Gasteiger partial charge in [-0.25, -0.2) is 13.4 Å². The Morgan fingerprint density at radius 3 is 2.67 bits per heavy atom. The van der Waals surface area contributed by atoms with Crippen molar-refractivity contribution in [2.45, 2.75) is 6.92 Å².